The van der Waals surface area contributed by atoms with Gasteiger partial charge in [-0.05, 0) is 0 Å². The SMILES string of the molecule is CN(C)C(=O)c1c([N+](=O)[O-])cnn1C. The third-order valence-electron chi connectivity index (χ3n) is 1.72. The number of nitrogens with zero attached hydrogens (tertiary/aromatic N) is 4. The Morgan fingerprint density at radius 1 is 1.64 bits per heavy atom. The maximum absolute atomic E-state index is 11.5. The molecule has 1 heterocycles. The fourth-order valence-electron chi connectivity index (χ4n) is 1.02. The maximum Gasteiger partial charge on any atom is 0.320 e. The van der Waals surface area contributed by atoms with E-state index >= 15 is 0 Å². The molecule has 76 valence electrons. The fraction of sp³-hybridized carbons (Fsp3) is 0.429. The van der Waals surface area contributed by atoms with Crippen LogP contribution in [0.3, 0.4) is 0 Å². The van der Waals surface area contributed by atoms with Gasteiger partial charge in [-0.25, -0.2) is 0 Å². The zero-order chi connectivity index (χ0) is 10.9. The molecule has 1 aromatic rings. The van der Waals surface area contributed by atoms with Gasteiger partial charge in [-0.2, -0.15) is 5.10 Å². The van der Waals surface area contributed by atoms with E-state index in [0.717, 1.165) is 6.20 Å². The van der Waals surface area contributed by atoms with Gasteiger partial charge in [-0.3, -0.25) is 19.6 Å². The van der Waals surface area contributed by atoms with Gasteiger partial charge in [-0.15, -0.1) is 0 Å². The number of amides is 1. The van der Waals surface area contributed by atoms with Gasteiger partial charge in [0.25, 0.3) is 5.91 Å². The summed E-state index contributed by atoms with van der Waals surface area (Å²) in [5, 5.41) is 14.2. The molecule has 0 aliphatic rings. The summed E-state index contributed by atoms with van der Waals surface area (Å²) in [5.74, 6) is -0.434. The van der Waals surface area contributed by atoms with Gasteiger partial charge in [0.2, 0.25) is 5.69 Å². The lowest BCUT2D eigenvalue weighted by Gasteiger charge is -2.09. The van der Waals surface area contributed by atoms with E-state index in [-0.39, 0.29) is 11.4 Å². The van der Waals surface area contributed by atoms with Gasteiger partial charge in [0.15, 0.2) is 0 Å². The highest BCUT2D eigenvalue weighted by atomic mass is 16.6. The molecule has 7 heteroatoms. The second-order valence-electron chi connectivity index (χ2n) is 2.96. The topological polar surface area (TPSA) is 81.3 Å². The molecule has 0 aliphatic heterocycles. The second kappa shape index (κ2) is 3.44. The summed E-state index contributed by atoms with van der Waals surface area (Å²) < 4.78 is 1.19. The molecule has 1 rings (SSSR count). The van der Waals surface area contributed by atoms with Crippen molar-refractivity contribution in [2.75, 3.05) is 14.1 Å². The minimum Gasteiger partial charge on any atom is -0.343 e. The molecule has 0 N–H and O–H groups in total. The average Bonchev–Trinajstić information content (AvgIpc) is 2.45. The van der Waals surface area contributed by atoms with Gasteiger partial charge >= 0.3 is 5.69 Å². The van der Waals surface area contributed by atoms with Gasteiger partial charge in [0.1, 0.15) is 6.20 Å². The van der Waals surface area contributed by atoms with Crippen LogP contribution < -0.4 is 0 Å². The largest absolute Gasteiger partial charge is 0.343 e. The van der Waals surface area contributed by atoms with Crippen LogP contribution in [0.15, 0.2) is 6.20 Å². The predicted molar refractivity (Wildman–Crippen MR) is 47.9 cm³/mol. The van der Waals surface area contributed by atoms with Crippen molar-refractivity contribution in [2.45, 2.75) is 0 Å². The van der Waals surface area contributed by atoms with Crippen molar-refractivity contribution in [1.82, 2.24) is 14.7 Å². The Labute approximate surface area is 80.1 Å². The summed E-state index contributed by atoms with van der Waals surface area (Å²) in [6, 6.07) is 0. The zero-order valence-electron chi connectivity index (χ0n) is 8.09. The van der Waals surface area contributed by atoms with Crippen LogP contribution in [0.25, 0.3) is 0 Å². The van der Waals surface area contributed by atoms with E-state index in [2.05, 4.69) is 5.10 Å². The van der Waals surface area contributed by atoms with Crippen molar-refractivity contribution in [1.29, 1.82) is 0 Å². The minimum absolute atomic E-state index is 0.0139. The number of carbonyl (C=O) groups excluding carboxylic acids is 1. The molecule has 7 nitrogen and oxygen atoms in total. The first-order valence-electron chi connectivity index (χ1n) is 3.83. The Bertz CT molecular complexity index is 382. The molecule has 0 radical (unpaired) electrons. The Morgan fingerprint density at radius 2 is 2.21 bits per heavy atom. The molecule has 0 saturated heterocycles. The number of hydrogen-bond acceptors (Lipinski definition) is 4. The maximum atomic E-state index is 11.5. The van der Waals surface area contributed by atoms with E-state index in [1.165, 1.54) is 30.7 Å². The number of aryl methyl sites for hydroxylation is 1. The van der Waals surface area contributed by atoms with Crippen LogP contribution in [0, 0.1) is 10.1 Å². The summed E-state index contributed by atoms with van der Waals surface area (Å²) in [6.07, 6.45) is 1.07. The van der Waals surface area contributed by atoms with Gasteiger partial charge in [0, 0.05) is 21.1 Å². The molecule has 0 aliphatic carbocycles. The molecule has 0 unspecified atom stereocenters. The van der Waals surface area contributed by atoms with Crippen LogP contribution in [0.4, 0.5) is 5.69 Å². The van der Waals surface area contributed by atoms with E-state index in [4.69, 9.17) is 0 Å². The Balaban J connectivity index is 3.24. The molecule has 1 aromatic heterocycles. The lowest BCUT2D eigenvalue weighted by molar-refractivity contribution is -0.385. The Kier molecular flexibility index (Phi) is 2.50. The van der Waals surface area contributed by atoms with E-state index in [1.54, 1.807) is 0 Å². The molecular formula is C7H10N4O3. The van der Waals surface area contributed by atoms with Crippen molar-refractivity contribution >= 4 is 11.6 Å². The number of carbonyl (C=O) groups is 1. The summed E-state index contributed by atoms with van der Waals surface area (Å²) in [7, 11) is 4.54. The van der Waals surface area contributed by atoms with Crippen LogP contribution in [-0.2, 0) is 7.05 Å². The zero-order valence-corrected chi connectivity index (χ0v) is 8.09. The van der Waals surface area contributed by atoms with Crippen molar-refractivity contribution in [2.24, 2.45) is 7.05 Å². The molecule has 0 aromatic carbocycles. The molecule has 0 bridgehead atoms. The highest BCUT2D eigenvalue weighted by Crippen LogP contribution is 2.17. The predicted octanol–water partition coefficient (Wildman–Crippen LogP) is 0.0301. The molecule has 0 spiro atoms. The van der Waals surface area contributed by atoms with E-state index in [9.17, 15) is 14.9 Å². The quantitative estimate of drug-likeness (QED) is 0.496. The summed E-state index contributed by atoms with van der Waals surface area (Å²) in [4.78, 5) is 22.7. The number of nitro groups is 1. The first-order valence-corrected chi connectivity index (χ1v) is 3.83. The van der Waals surface area contributed by atoms with Crippen molar-refractivity contribution in [3.8, 4) is 0 Å². The van der Waals surface area contributed by atoms with Crippen LogP contribution in [0.2, 0.25) is 0 Å². The van der Waals surface area contributed by atoms with Crippen LogP contribution >= 0.6 is 0 Å². The molecule has 0 fully saturated rings. The molecule has 0 saturated carbocycles. The normalized spacial score (nSPS) is 9.93. The fourth-order valence-corrected chi connectivity index (χ4v) is 1.02. The molecule has 1 amide bonds. The van der Waals surface area contributed by atoms with Gasteiger partial charge < -0.3 is 4.90 Å². The van der Waals surface area contributed by atoms with E-state index in [0.29, 0.717) is 0 Å². The monoisotopic (exact) mass is 198 g/mol. The third-order valence-corrected chi connectivity index (χ3v) is 1.72. The van der Waals surface area contributed by atoms with Crippen LogP contribution in [0.5, 0.6) is 0 Å². The smallest absolute Gasteiger partial charge is 0.320 e. The average molecular weight is 198 g/mol. The lowest BCUT2D eigenvalue weighted by Crippen LogP contribution is -2.25. The van der Waals surface area contributed by atoms with Crippen LogP contribution in [0.1, 0.15) is 10.5 Å². The first-order chi connectivity index (χ1) is 6.45. The Hall–Kier alpha value is -1.92. The third kappa shape index (κ3) is 1.56. The second-order valence-corrected chi connectivity index (χ2v) is 2.96. The lowest BCUT2D eigenvalue weighted by atomic mass is 10.3. The summed E-state index contributed by atoms with van der Waals surface area (Å²) in [5.41, 5.74) is -0.286. The molecular weight excluding hydrogens is 188 g/mol. The number of rotatable bonds is 2. The van der Waals surface area contributed by atoms with Crippen LogP contribution in [-0.4, -0.2) is 39.6 Å². The highest BCUT2D eigenvalue weighted by Gasteiger charge is 2.26. The standard InChI is InChI=1S/C7H10N4O3/c1-9(2)7(12)6-5(11(13)14)4-8-10(6)3/h4H,1-3H3. The highest BCUT2D eigenvalue weighted by molar-refractivity contribution is 5.95. The molecule has 0 atom stereocenters. The van der Waals surface area contributed by atoms with Gasteiger partial charge in [0.05, 0.1) is 4.92 Å². The summed E-state index contributed by atoms with van der Waals surface area (Å²) in [6.45, 7) is 0. The number of hydrogen-bond donors (Lipinski definition) is 0. The number of aromatic nitrogens is 2. The Morgan fingerprint density at radius 3 is 2.64 bits per heavy atom. The van der Waals surface area contributed by atoms with Crippen molar-refractivity contribution < 1.29 is 9.72 Å². The first kappa shape index (κ1) is 10.2. The van der Waals surface area contributed by atoms with Gasteiger partial charge in [-0.1, -0.05) is 0 Å². The minimum atomic E-state index is -0.621. The molecule has 14 heavy (non-hydrogen) atoms. The van der Waals surface area contributed by atoms with Crippen molar-refractivity contribution in [3.63, 3.8) is 0 Å². The summed E-state index contributed by atoms with van der Waals surface area (Å²) >= 11 is 0. The van der Waals surface area contributed by atoms with E-state index < -0.39 is 10.8 Å². The van der Waals surface area contributed by atoms with Crippen molar-refractivity contribution in [3.05, 3.63) is 22.0 Å². The van der Waals surface area contributed by atoms with E-state index in [1.807, 2.05) is 0 Å².